The molecule has 0 aliphatic heterocycles. The van der Waals surface area contributed by atoms with E-state index < -0.39 is 11.9 Å². The van der Waals surface area contributed by atoms with Gasteiger partial charge in [0.05, 0.1) is 25.4 Å². The van der Waals surface area contributed by atoms with Crippen molar-refractivity contribution in [1.82, 2.24) is 4.90 Å². The van der Waals surface area contributed by atoms with Crippen LogP contribution in [0.4, 0.5) is 0 Å². The third kappa shape index (κ3) is 2.70. The molecule has 0 heterocycles. The van der Waals surface area contributed by atoms with Gasteiger partial charge in [-0.05, 0) is 25.5 Å². The molecule has 0 aromatic heterocycles. The van der Waals surface area contributed by atoms with Crippen LogP contribution in [0.15, 0.2) is 34.1 Å². The van der Waals surface area contributed by atoms with Gasteiger partial charge in [-0.25, -0.2) is 9.59 Å². The fraction of sp³-hybridized carbons (Fsp3) is 0.429. The van der Waals surface area contributed by atoms with Crippen LogP contribution >= 0.6 is 0 Å². The van der Waals surface area contributed by atoms with E-state index in [2.05, 4.69) is 0 Å². The van der Waals surface area contributed by atoms with Gasteiger partial charge in [0.15, 0.2) is 0 Å². The SMILES string of the molecule is COC(=O)C1=CC(=C(C)N(C)C)C(C(=O)OC)=C1C. The van der Waals surface area contributed by atoms with E-state index in [1.54, 1.807) is 13.0 Å². The van der Waals surface area contributed by atoms with Gasteiger partial charge in [0.2, 0.25) is 0 Å². The highest BCUT2D eigenvalue weighted by molar-refractivity contribution is 6.05. The number of hydrogen-bond donors (Lipinski definition) is 0. The van der Waals surface area contributed by atoms with Crippen LogP contribution in [0.25, 0.3) is 0 Å². The van der Waals surface area contributed by atoms with Crippen LogP contribution in [0.5, 0.6) is 0 Å². The van der Waals surface area contributed by atoms with Gasteiger partial charge < -0.3 is 14.4 Å². The van der Waals surface area contributed by atoms with Gasteiger partial charge in [0, 0.05) is 25.4 Å². The Morgan fingerprint density at radius 1 is 1.11 bits per heavy atom. The minimum absolute atomic E-state index is 0.388. The molecule has 0 atom stereocenters. The van der Waals surface area contributed by atoms with E-state index >= 15 is 0 Å². The number of rotatable bonds is 3. The second-order valence-electron chi connectivity index (χ2n) is 4.43. The van der Waals surface area contributed by atoms with E-state index in [0.717, 1.165) is 5.70 Å². The molecule has 19 heavy (non-hydrogen) atoms. The summed E-state index contributed by atoms with van der Waals surface area (Å²) in [7, 11) is 6.38. The van der Waals surface area contributed by atoms with Gasteiger partial charge in [-0.3, -0.25) is 0 Å². The molecule has 0 aromatic rings. The van der Waals surface area contributed by atoms with E-state index in [4.69, 9.17) is 9.47 Å². The predicted octanol–water partition coefficient (Wildman–Crippen LogP) is 1.42. The average molecular weight is 265 g/mol. The normalized spacial score (nSPS) is 17.1. The monoisotopic (exact) mass is 265 g/mol. The van der Waals surface area contributed by atoms with Gasteiger partial charge in [0.25, 0.3) is 0 Å². The van der Waals surface area contributed by atoms with Crippen molar-refractivity contribution in [3.63, 3.8) is 0 Å². The number of hydrogen-bond acceptors (Lipinski definition) is 5. The summed E-state index contributed by atoms with van der Waals surface area (Å²) in [6.45, 7) is 3.59. The molecule has 0 saturated heterocycles. The molecule has 0 radical (unpaired) electrons. The van der Waals surface area contributed by atoms with Crippen molar-refractivity contribution >= 4 is 11.9 Å². The zero-order chi connectivity index (χ0) is 14.7. The molecule has 1 rings (SSSR count). The van der Waals surface area contributed by atoms with Crippen LogP contribution in [-0.2, 0) is 19.1 Å². The average Bonchev–Trinajstić information content (AvgIpc) is 2.73. The molecule has 0 aromatic carbocycles. The van der Waals surface area contributed by atoms with Crippen LogP contribution < -0.4 is 0 Å². The maximum Gasteiger partial charge on any atom is 0.338 e. The van der Waals surface area contributed by atoms with E-state index in [9.17, 15) is 9.59 Å². The van der Waals surface area contributed by atoms with E-state index in [-0.39, 0.29) is 0 Å². The molecule has 0 amide bonds. The Kier molecular flexibility index (Phi) is 4.53. The minimum atomic E-state index is -0.458. The lowest BCUT2D eigenvalue weighted by atomic mass is 10.0. The molecule has 1 aliphatic rings. The van der Waals surface area contributed by atoms with Crippen LogP contribution in [0.2, 0.25) is 0 Å². The largest absolute Gasteiger partial charge is 0.465 e. The Bertz CT molecular complexity index is 510. The van der Waals surface area contributed by atoms with Crippen molar-refractivity contribution in [1.29, 1.82) is 0 Å². The maximum absolute atomic E-state index is 11.9. The molecule has 0 unspecified atom stereocenters. The first-order chi connectivity index (χ1) is 8.84. The highest BCUT2D eigenvalue weighted by Gasteiger charge is 2.30. The summed E-state index contributed by atoms with van der Waals surface area (Å²) >= 11 is 0. The van der Waals surface area contributed by atoms with Gasteiger partial charge in [-0.15, -0.1) is 0 Å². The smallest absolute Gasteiger partial charge is 0.338 e. The van der Waals surface area contributed by atoms with Crippen LogP contribution in [-0.4, -0.2) is 45.2 Å². The summed E-state index contributed by atoms with van der Waals surface area (Å²) in [6, 6.07) is 0. The second kappa shape index (κ2) is 5.73. The Morgan fingerprint density at radius 2 is 1.63 bits per heavy atom. The van der Waals surface area contributed by atoms with Gasteiger partial charge in [-0.2, -0.15) is 0 Å². The highest BCUT2D eigenvalue weighted by Crippen LogP contribution is 2.34. The minimum Gasteiger partial charge on any atom is -0.465 e. The molecular formula is C14H19NO4. The quantitative estimate of drug-likeness (QED) is 0.722. The third-order valence-corrected chi connectivity index (χ3v) is 3.19. The number of nitrogens with zero attached hydrogens (tertiary/aromatic N) is 1. The van der Waals surface area contributed by atoms with Gasteiger partial charge in [0.1, 0.15) is 0 Å². The molecule has 104 valence electrons. The zero-order valence-electron chi connectivity index (χ0n) is 12.2. The molecule has 1 aliphatic carbocycles. The van der Waals surface area contributed by atoms with Crippen LogP contribution in [0, 0.1) is 0 Å². The molecule has 0 saturated carbocycles. The molecule has 5 nitrogen and oxygen atoms in total. The van der Waals surface area contributed by atoms with Crippen molar-refractivity contribution < 1.29 is 19.1 Å². The predicted molar refractivity (Wildman–Crippen MR) is 71.2 cm³/mol. The summed E-state index contributed by atoms with van der Waals surface area (Å²) in [5.41, 5.74) is 2.94. The number of allylic oxidation sites excluding steroid dienone is 2. The standard InChI is InChI=1S/C14H19NO4/c1-8-10(13(16)18-5)7-11(9(2)15(3)4)12(8)14(17)19-6/h7H,1-6H3. The number of carbonyl (C=O) groups excluding carboxylic acids is 2. The number of ether oxygens (including phenoxy) is 2. The van der Waals surface area contributed by atoms with Crippen LogP contribution in [0.1, 0.15) is 13.8 Å². The van der Waals surface area contributed by atoms with Crippen molar-refractivity contribution in [2.45, 2.75) is 13.8 Å². The fourth-order valence-electron chi connectivity index (χ4n) is 1.87. The van der Waals surface area contributed by atoms with Gasteiger partial charge in [-0.1, -0.05) is 0 Å². The summed E-state index contributed by atoms with van der Waals surface area (Å²) < 4.78 is 9.52. The summed E-state index contributed by atoms with van der Waals surface area (Å²) in [5, 5.41) is 0. The highest BCUT2D eigenvalue weighted by atomic mass is 16.5. The molecular weight excluding hydrogens is 246 g/mol. The first kappa shape index (κ1) is 15.0. The Morgan fingerprint density at radius 3 is 2.05 bits per heavy atom. The maximum atomic E-state index is 11.9. The van der Waals surface area contributed by atoms with Gasteiger partial charge >= 0.3 is 11.9 Å². The third-order valence-electron chi connectivity index (χ3n) is 3.19. The molecule has 0 bridgehead atoms. The molecule has 5 heteroatoms. The first-order valence-corrected chi connectivity index (χ1v) is 5.83. The summed E-state index contributed by atoms with van der Waals surface area (Å²) in [5.74, 6) is -0.913. The van der Waals surface area contributed by atoms with E-state index in [1.807, 2.05) is 25.9 Å². The Labute approximate surface area is 113 Å². The van der Waals surface area contributed by atoms with Crippen molar-refractivity contribution in [2.24, 2.45) is 0 Å². The van der Waals surface area contributed by atoms with E-state index in [0.29, 0.717) is 22.3 Å². The lowest BCUT2D eigenvalue weighted by molar-refractivity contribution is -0.136. The fourth-order valence-corrected chi connectivity index (χ4v) is 1.87. The van der Waals surface area contributed by atoms with Crippen molar-refractivity contribution in [3.8, 4) is 0 Å². The lowest BCUT2D eigenvalue weighted by Crippen LogP contribution is -2.14. The molecule has 0 spiro atoms. The van der Waals surface area contributed by atoms with Crippen molar-refractivity contribution in [3.05, 3.63) is 34.1 Å². The number of methoxy groups -OCH3 is 2. The van der Waals surface area contributed by atoms with E-state index in [1.165, 1.54) is 14.2 Å². The first-order valence-electron chi connectivity index (χ1n) is 5.83. The topological polar surface area (TPSA) is 55.8 Å². The molecule has 0 fully saturated rings. The van der Waals surface area contributed by atoms with Crippen molar-refractivity contribution in [2.75, 3.05) is 28.3 Å². The Balaban J connectivity index is 3.47. The summed E-state index contributed by atoms with van der Waals surface area (Å²) in [6.07, 6.45) is 1.67. The molecule has 0 N–H and O–H groups in total. The second-order valence-corrected chi connectivity index (χ2v) is 4.43. The van der Waals surface area contributed by atoms with Crippen LogP contribution in [0.3, 0.4) is 0 Å². The lowest BCUT2D eigenvalue weighted by Gasteiger charge is -2.16. The number of esters is 2. The Hall–Kier alpha value is -2.04. The zero-order valence-corrected chi connectivity index (χ0v) is 12.2. The number of carbonyl (C=O) groups is 2. The summed E-state index contributed by atoms with van der Waals surface area (Å²) in [4.78, 5) is 25.5.